The summed E-state index contributed by atoms with van der Waals surface area (Å²) in [4.78, 5) is 13.9. The summed E-state index contributed by atoms with van der Waals surface area (Å²) in [5.41, 5.74) is 0.260. The van der Waals surface area contributed by atoms with E-state index in [-0.39, 0.29) is 11.5 Å². The van der Waals surface area contributed by atoms with Gasteiger partial charge in [0.25, 0.3) is 0 Å². The highest BCUT2D eigenvalue weighted by atomic mass is 16.1. The van der Waals surface area contributed by atoms with Crippen LogP contribution in [0, 0.1) is 5.41 Å². The van der Waals surface area contributed by atoms with Gasteiger partial charge in [-0.3, -0.25) is 0 Å². The Bertz CT molecular complexity index is 188. The van der Waals surface area contributed by atoms with Crippen molar-refractivity contribution in [2.45, 2.75) is 52.0 Å². The zero-order valence-corrected chi connectivity index (χ0v) is 7.97. The molecule has 1 saturated carbocycles. The van der Waals surface area contributed by atoms with E-state index in [1.807, 2.05) is 6.92 Å². The van der Waals surface area contributed by atoms with Gasteiger partial charge in [0.2, 0.25) is 6.08 Å². The van der Waals surface area contributed by atoms with Gasteiger partial charge < -0.3 is 0 Å². The molecule has 0 aromatic rings. The van der Waals surface area contributed by atoms with Crippen LogP contribution in [0.1, 0.15) is 46.0 Å². The molecule has 1 rings (SSSR count). The smallest absolute Gasteiger partial charge is 0.211 e. The highest BCUT2D eigenvalue weighted by molar-refractivity contribution is 5.33. The van der Waals surface area contributed by atoms with Gasteiger partial charge >= 0.3 is 0 Å². The second-order valence-corrected chi connectivity index (χ2v) is 4.11. The molecule has 1 aliphatic rings. The number of isocyanates is 1. The summed E-state index contributed by atoms with van der Waals surface area (Å²) in [5, 5.41) is 0. The standard InChI is InChI=1S/C10H17NO/c1-9(11-8-12)10(2)6-4-3-5-7-10/h9H,3-7H2,1-2H3. The first-order valence-corrected chi connectivity index (χ1v) is 4.76. The average Bonchev–Trinajstić information content (AvgIpc) is 2.06. The van der Waals surface area contributed by atoms with E-state index in [2.05, 4.69) is 11.9 Å². The SMILES string of the molecule is CC(N=C=O)C1(C)CCCCC1. The van der Waals surface area contributed by atoms with E-state index in [0.717, 1.165) is 0 Å². The van der Waals surface area contributed by atoms with Crippen molar-refractivity contribution in [2.75, 3.05) is 0 Å². The zero-order chi connectivity index (χ0) is 9.03. The predicted octanol–water partition coefficient (Wildman–Crippen LogP) is 2.68. The lowest BCUT2D eigenvalue weighted by atomic mass is 9.71. The summed E-state index contributed by atoms with van der Waals surface area (Å²) >= 11 is 0. The van der Waals surface area contributed by atoms with Gasteiger partial charge in [-0.25, -0.2) is 9.79 Å². The van der Waals surface area contributed by atoms with Gasteiger partial charge in [-0.15, -0.1) is 0 Å². The van der Waals surface area contributed by atoms with Crippen molar-refractivity contribution in [1.29, 1.82) is 0 Å². The average molecular weight is 167 g/mol. The third-order valence-corrected chi connectivity index (χ3v) is 3.25. The van der Waals surface area contributed by atoms with Crippen LogP contribution in [0.5, 0.6) is 0 Å². The van der Waals surface area contributed by atoms with Crippen molar-refractivity contribution < 1.29 is 4.79 Å². The van der Waals surface area contributed by atoms with Gasteiger partial charge in [0.15, 0.2) is 0 Å². The Kier molecular flexibility index (Phi) is 3.05. The Balaban J connectivity index is 2.61. The Morgan fingerprint density at radius 3 is 2.42 bits per heavy atom. The largest absolute Gasteiger partial charge is 0.235 e. The van der Waals surface area contributed by atoms with E-state index < -0.39 is 0 Å². The van der Waals surface area contributed by atoms with Crippen LogP contribution >= 0.6 is 0 Å². The molecule has 1 unspecified atom stereocenters. The van der Waals surface area contributed by atoms with Crippen LogP contribution in [-0.2, 0) is 4.79 Å². The first kappa shape index (κ1) is 9.47. The van der Waals surface area contributed by atoms with Crippen LogP contribution in [-0.4, -0.2) is 12.1 Å². The van der Waals surface area contributed by atoms with Crippen LogP contribution in [0.2, 0.25) is 0 Å². The van der Waals surface area contributed by atoms with E-state index in [0.29, 0.717) is 0 Å². The maximum absolute atomic E-state index is 10.1. The summed E-state index contributed by atoms with van der Waals surface area (Å²) in [6.45, 7) is 4.26. The van der Waals surface area contributed by atoms with E-state index in [1.54, 1.807) is 6.08 Å². The highest BCUT2D eigenvalue weighted by Gasteiger charge is 2.32. The minimum atomic E-state index is 0.148. The number of hydrogen-bond acceptors (Lipinski definition) is 2. The van der Waals surface area contributed by atoms with Crippen molar-refractivity contribution in [2.24, 2.45) is 10.4 Å². The fourth-order valence-electron chi connectivity index (χ4n) is 2.01. The molecule has 2 nitrogen and oxygen atoms in total. The summed E-state index contributed by atoms with van der Waals surface area (Å²) in [5.74, 6) is 0. The van der Waals surface area contributed by atoms with Gasteiger partial charge in [-0.2, -0.15) is 0 Å². The minimum Gasteiger partial charge on any atom is -0.211 e. The molecule has 1 atom stereocenters. The first-order chi connectivity index (χ1) is 5.69. The molecule has 0 aromatic carbocycles. The van der Waals surface area contributed by atoms with Crippen molar-refractivity contribution >= 4 is 6.08 Å². The molecule has 0 aliphatic heterocycles. The van der Waals surface area contributed by atoms with Gasteiger partial charge in [0.05, 0.1) is 6.04 Å². The molecule has 0 spiro atoms. The van der Waals surface area contributed by atoms with Crippen molar-refractivity contribution in [3.63, 3.8) is 0 Å². The summed E-state index contributed by atoms with van der Waals surface area (Å²) in [6.07, 6.45) is 7.99. The number of aliphatic imine (C=N–C) groups is 1. The van der Waals surface area contributed by atoms with Crippen LogP contribution in [0.4, 0.5) is 0 Å². The minimum absolute atomic E-state index is 0.148. The third kappa shape index (κ3) is 1.95. The number of hydrogen-bond donors (Lipinski definition) is 0. The van der Waals surface area contributed by atoms with Crippen LogP contribution in [0.3, 0.4) is 0 Å². The van der Waals surface area contributed by atoms with Gasteiger partial charge in [-0.05, 0) is 25.2 Å². The monoisotopic (exact) mass is 167 g/mol. The molecule has 1 aliphatic carbocycles. The normalized spacial score (nSPS) is 24.2. The van der Waals surface area contributed by atoms with E-state index in [9.17, 15) is 4.79 Å². The molecule has 2 heteroatoms. The topological polar surface area (TPSA) is 29.4 Å². The molecular formula is C10H17NO. The molecule has 12 heavy (non-hydrogen) atoms. The lowest BCUT2D eigenvalue weighted by molar-refractivity contribution is 0.180. The fourth-order valence-corrected chi connectivity index (χ4v) is 2.01. The molecule has 68 valence electrons. The van der Waals surface area contributed by atoms with Crippen molar-refractivity contribution in [3.8, 4) is 0 Å². The Labute approximate surface area is 74.1 Å². The summed E-state index contributed by atoms with van der Waals surface area (Å²) < 4.78 is 0. The summed E-state index contributed by atoms with van der Waals surface area (Å²) in [6, 6.07) is 0.148. The van der Waals surface area contributed by atoms with Gasteiger partial charge in [0, 0.05) is 0 Å². The lowest BCUT2D eigenvalue weighted by Crippen LogP contribution is -2.30. The summed E-state index contributed by atoms with van der Waals surface area (Å²) in [7, 11) is 0. The molecule has 0 saturated heterocycles. The lowest BCUT2D eigenvalue weighted by Gasteiger charge is -2.36. The molecule has 0 amide bonds. The molecular weight excluding hydrogens is 150 g/mol. The molecule has 0 aromatic heterocycles. The van der Waals surface area contributed by atoms with Crippen LogP contribution in [0.15, 0.2) is 4.99 Å². The van der Waals surface area contributed by atoms with E-state index >= 15 is 0 Å². The van der Waals surface area contributed by atoms with Gasteiger partial charge in [0.1, 0.15) is 0 Å². The van der Waals surface area contributed by atoms with Crippen molar-refractivity contribution in [3.05, 3.63) is 0 Å². The van der Waals surface area contributed by atoms with E-state index in [4.69, 9.17) is 0 Å². The molecule has 0 heterocycles. The molecule has 1 fully saturated rings. The van der Waals surface area contributed by atoms with Crippen LogP contribution < -0.4 is 0 Å². The maximum atomic E-state index is 10.1. The zero-order valence-electron chi connectivity index (χ0n) is 7.97. The number of rotatable bonds is 2. The predicted molar refractivity (Wildman–Crippen MR) is 48.8 cm³/mol. The van der Waals surface area contributed by atoms with E-state index in [1.165, 1.54) is 32.1 Å². The molecule has 0 radical (unpaired) electrons. The quantitative estimate of drug-likeness (QED) is 0.459. The van der Waals surface area contributed by atoms with Gasteiger partial charge in [-0.1, -0.05) is 26.2 Å². The third-order valence-electron chi connectivity index (χ3n) is 3.25. The number of carbonyl (C=O) groups excluding carboxylic acids is 1. The number of nitrogens with zero attached hydrogens (tertiary/aromatic N) is 1. The Morgan fingerprint density at radius 2 is 1.92 bits per heavy atom. The van der Waals surface area contributed by atoms with Crippen molar-refractivity contribution in [1.82, 2.24) is 0 Å². The maximum Gasteiger partial charge on any atom is 0.235 e. The second-order valence-electron chi connectivity index (χ2n) is 4.11. The highest BCUT2D eigenvalue weighted by Crippen LogP contribution is 2.39. The molecule has 0 N–H and O–H groups in total. The molecule has 0 bridgehead atoms. The first-order valence-electron chi connectivity index (χ1n) is 4.76. The Morgan fingerprint density at radius 1 is 1.33 bits per heavy atom. The Hall–Kier alpha value is -0.620. The second kappa shape index (κ2) is 3.86. The fraction of sp³-hybridized carbons (Fsp3) is 0.900. The van der Waals surface area contributed by atoms with Crippen LogP contribution in [0.25, 0.3) is 0 Å².